The van der Waals surface area contributed by atoms with E-state index in [2.05, 4.69) is 13.8 Å². The number of nitrogens with zero attached hydrogens (tertiary/aromatic N) is 1. The van der Waals surface area contributed by atoms with Gasteiger partial charge in [0.05, 0.1) is 10.5 Å². The lowest BCUT2D eigenvalue weighted by Gasteiger charge is -2.35. The van der Waals surface area contributed by atoms with E-state index in [1.54, 1.807) is 23.1 Å². The fourth-order valence-electron chi connectivity index (χ4n) is 2.97. The third-order valence-corrected chi connectivity index (χ3v) is 4.83. The normalized spacial score (nSPS) is 23.6. The Bertz CT molecular complexity index is 599. The van der Waals surface area contributed by atoms with Crippen LogP contribution in [0.3, 0.4) is 0 Å². The molecule has 1 fully saturated rings. The summed E-state index contributed by atoms with van der Waals surface area (Å²) in [6.45, 7) is 5.64. The fourth-order valence-corrected chi connectivity index (χ4v) is 3.85. The average molecular weight is 295 g/mol. The molecule has 1 saturated heterocycles. The molecule has 0 aliphatic carbocycles. The zero-order valence-corrected chi connectivity index (χ0v) is 13.0. The van der Waals surface area contributed by atoms with Gasteiger partial charge in [-0.1, -0.05) is 26.0 Å². The number of carbonyl (C=O) groups is 1. The van der Waals surface area contributed by atoms with Gasteiger partial charge in [0, 0.05) is 19.3 Å². The van der Waals surface area contributed by atoms with Crippen LogP contribution >= 0.6 is 0 Å². The van der Waals surface area contributed by atoms with Crippen molar-refractivity contribution in [3.63, 3.8) is 0 Å². The van der Waals surface area contributed by atoms with Crippen molar-refractivity contribution in [2.24, 2.45) is 11.8 Å². The molecule has 1 aliphatic rings. The predicted molar refractivity (Wildman–Crippen MR) is 78.4 cm³/mol. The molecule has 0 radical (unpaired) electrons. The number of sulfone groups is 1. The summed E-state index contributed by atoms with van der Waals surface area (Å²) in [5.41, 5.74) is 0.288. The Balaban J connectivity index is 2.35. The molecule has 0 N–H and O–H groups in total. The number of amides is 1. The summed E-state index contributed by atoms with van der Waals surface area (Å²) in [5.74, 6) is 0.727. The summed E-state index contributed by atoms with van der Waals surface area (Å²) in [7, 11) is -3.39. The quantitative estimate of drug-likeness (QED) is 0.840. The molecule has 1 heterocycles. The van der Waals surface area contributed by atoms with Gasteiger partial charge in [-0.2, -0.15) is 0 Å². The lowest BCUT2D eigenvalue weighted by molar-refractivity contribution is 0.0619. The molecule has 0 aromatic heterocycles. The third kappa shape index (κ3) is 3.20. The molecule has 20 heavy (non-hydrogen) atoms. The van der Waals surface area contributed by atoms with Gasteiger partial charge in [0.2, 0.25) is 0 Å². The number of piperidine rings is 1. The second kappa shape index (κ2) is 5.56. The zero-order valence-electron chi connectivity index (χ0n) is 12.2. The highest BCUT2D eigenvalue weighted by Crippen LogP contribution is 2.24. The molecule has 110 valence electrons. The van der Waals surface area contributed by atoms with Crippen LogP contribution in [-0.2, 0) is 9.84 Å². The smallest absolute Gasteiger partial charge is 0.255 e. The van der Waals surface area contributed by atoms with Gasteiger partial charge in [-0.15, -0.1) is 0 Å². The van der Waals surface area contributed by atoms with Gasteiger partial charge in [0.1, 0.15) is 0 Å². The lowest BCUT2D eigenvalue weighted by atomic mass is 9.91. The monoisotopic (exact) mass is 295 g/mol. The Kier molecular flexibility index (Phi) is 4.18. The average Bonchev–Trinajstić information content (AvgIpc) is 2.35. The van der Waals surface area contributed by atoms with E-state index >= 15 is 0 Å². The fraction of sp³-hybridized carbons (Fsp3) is 0.533. The van der Waals surface area contributed by atoms with E-state index in [0.29, 0.717) is 24.9 Å². The van der Waals surface area contributed by atoms with Crippen molar-refractivity contribution in [2.75, 3.05) is 19.3 Å². The number of hydrogen-bond acceptors (Lipinski definition) is 3. The molecule has 2 atom stereocenters. The number of carbonyl (C=O) groups excluding carboxylic acids is 1. The summed E-state index contributed by atoms with van der Waals surface area (Å²) in [4.78, 5) is 14.5. The Hall–Kier alpha value is -1.36. The van der Waals surface area contributed by atoms with Crippen molar-refractivity contribution in [1.29, 1.82) is 0 Å². The van der Waals surface area contributed by atoms with Gasteiger partial charge in [-0.05, 0) is 30.4 Å². The highest BCUT2D eigenvalue weighted by molar-refractivity contribution is 7.90. The van der Waals surface area contributed by atoms with E-state index in [0.717, 1.165) is 12.7 Å². The molecule has 1 aromatic carbocycles. The summed E-state index contributed by atoms with van der Waals surface area (Å²) in [6.07, 6.45) is 2.25. The molecule has 1 amide bonds. The first-order chi connectivity index (χ1) is 9.29. The van der Waals surface area contributed by atoms with E-state index in [1.165, 1.54) is 6.07 Å². The summed E-state index contributed by atoms with van der Waals surface area (Å²) < 4.78 is 23.6. The van der Waals surface area contributed by atoms with Crippen LogP contribution in [0.2, 0.25) is 0 Å². The van der Waals surface area contributed by atoms with Gasteiger partial charge in [-0.25, -0.2) is 8.42 Å². The van der Waals surface area contributed by atoms with E-state index in [4.69, 9.17) is 0 Å². The molecule has 5 heteroatoms. The van der Waals surface area contributed by atoms with Crippen LogP contribution in [0.1, 0.15) is 30.6 Å². The second-order valence-electron chi connectivity index (χ2n) is 5.92. The molecular formula is C15H21NO3S. The molecule has 2 rings (SSSR count). The first-order valence-corrected chi connectivity index (χ1v) is 8.76. The number of benzene rings is 1. The first kappa shape index (κ1) is 15.0. The van der Waals surface area contributed by atoms with E-state index in [1.807, 2.05) is 0 Å². The maximum Gasteiger partial charge on any atom is 0.255 e. The zero-order chi connectivity index (χ0) is 14.9. The second-order valence-corrected chi connectivity index (χ2v) is 7.91. The van der Waals surface area contributed by atoms with Crippen LogP contribution in [0.15, 0.2) is 29.2 Å². The van der Waals surface area contributed by atoms with Gasteiger partial charge >= 0.3 is 0 Å². The Morgan fingerprint density at radius 2 is 1.70 bits per heavy atom. The van der Waals surface area contributed by atoms with Crippen molar-refractivity contribution < 1.29 is 13.2 Å². The molecule has 1 aromatic rings. The van der Waals surface area contributed by atoms with Crippen molar-refractivity contribution in [1.82, 2.24) is 4.90 Å². The summed E-state index contributed by atoms with van der Waals surface area (Å²) >= 11 is 0. The molecule has 0 bridgehead atoms. The van der Waals surface area contributed by atoms with Gasteiger partial charge in [0.15, 0.2) is 9.84 Å². The highest BCUT2D eigenvalue weighted by Gasteiger charge is 2.28. The Morgan fingerprint density at radius 3 is 2.25 bits per heavy atom. The molecular weight excluding hydrogens is 274 g/mol. The Labute approximate surface area is 120 Å². The van der Waals surface area contributed by atoms with E-state index in [-0.39, 0.29) is 16.4 Å². The number of hydrogen-bond donors (Lipinski definition) is 0. The van der Waals surface area contributed by atoms with Crippen LogP contribution in [0.25, 0.3) is 0 Å². The van der Waals surface area contributed by atoms with Crippen molar-refractivity contribution in [3.8, 4) is 0 Å². The summed E-state index contributed by atoms with van der Waals surface area (Å²) in [6, 6.07) is 6.45. The summed E-state index contributed by atoms with van der Waals surface area (Å²) in [5, 5.41) is 0. The molecule has 4 nitrogen and oxygen atoms in total. The van der Waals surface area contributed by atoms with Crippen LogP contribution < -0.4 is 0 Å². The van der Waals surface area contributed by atoms with E-state index < -0.39 is 9.84 Å². The molecule has 0 saturated carbocycles. The maximum atomic E-state index is 12.6. The SMILES string of the molecule is CC1CC(C)CN(C(=O)c2ccccc2S(C)(=O)=O)C1. The van der Waals surface area contributed by atoms with Crippen molar-refractivity contribution in [2.45, 2.75) is 25.2 Å². The Morgan fingerprint density at radius 1 is 1.15 bits per heavy atom. The molecule has 2 unspecified atom stereocenters. The minimum atomic E-state index is -3.39. The van der Waals surface area contributed by atoms with Crippen LogP contribution in [-0.4, -0.2) is 38.6 Å². The maximum absolute atomic E-state index is 12.6. The van der Waals surface area contributed by atoms with Crippen molar-refractivity contribution in [3.05, 3.63) is 29.8 Å². The minimum absolute atomic E-state index is 0.121. The first-order valence-electron chi connectivity index (χ1n) is 6.87. The van der Waals surface area contributed by atoms with E-state index in [9.17, 15) is 13.2 Å². The number of likely N-dealkylation sites (tertiary alicyclic amines) is 1. The van der Waals surface area contributed by atoms with Gasteiger partial charge in [-0.3, -0.25) is 4.79 Å². The third-order valence-electron chi connectivity index (χ3n) is 3.67. The predicted octanol–water partition coefficient (Wildman–Crippen LogP) is 2.21. The highest BCUT2D eigenvalue weighted by atomic mass is 32.2. The van der Waals surface area contributed by atoms with Crippen molar-refractivity contribution >= 4 is 15.7 Å². The van der Waals surface area contributed by atoms with Gasteiger partial charge < -0.3 is 4.90 Å². The lowest BCUT2D eigenvalue weighted by Crippen LogP contribution is -2.42. The molecule has 1 aliphatic heterocycles. The standard InChI is InChI=1S/C15H21NO3S/c1-11-8-12(2)10-16(9-11)15(17)13-6-4-5-7-14(13)20(3,18)19/h4-7,11-12H,8-10H2,1-3H3. The number of rotatable bonds is 2. The van der Waals surface area contributed by atoms with Gasteiger partial charge in [0.25, 0.3) is 5.91 Å². The minimum Gasteiger partial charge on any atom is -0.338 e. The largest absolute Gasteiger partial charge is 0.338 e. The topological polar surface area (TPSA) is 54.5 Å². The van der Waals surface area contributed by atoms with Crippen LogP contribution in [0.5, 0.6) is 0 Å². The van der Waals surface area contributed by atoms with Crippen LogP contribution in [0, 0.1) is 11.8 Å². The van der Waals surface area contributed by atoms with Crippen LogP contribution in [0.4, 0.5) is 0 Å². The molecule has 0 spiro atoms.